The summed E-state index contributed by atoms with van der Waals surface area (Å²) in [5.74, 6) is 0.209. The third-order valence-corrected chi connectivity index (χ3v) is 8.04. The molecule has 0 radical (unpaired) electrons. The summed E-state index contributed by atoms with van der Waals surface area (Å²) in [4.78, 5) is 19.2. The van der Waals surface area contributed by atoms with E-state index in [9.17, 15) is 15.2 Å². The van der Waals surface area contributed by atoms with Crippen LogP contribution < -0.4 is 10.2 Å². The smallest absolute Gasteiger partial charge is 0.269 e. The molecule has 8 nitrogen and oxygen atoms in total. The Labute approximate surface area is 240 Å². The van der Waals surface area contributed by atoms with Crippen molar-refractivity contribution in [1.29, 1.82) is 0 Å². The first-order chi connectivity index (χ1) is 19.5. The number of anilines is 1. The summed E-state index contributed by atoms with van der Waals surface area (Å²) in [6, 6.07) is 31.3. The number of nitro groups is 1. The van der Waals surface area contributed by atoms with Crippen LogP contribution in [-0.2, 0) is 0 Å². The van der Waals surface area contributed by atoms with E-state index in [1.165, 1.54) is 23.9 Å². The maximum absolute atomic E-state index is 11.0. The van der Waals surface area contributed by atoms with Crippen molar-refractivity contribution in [2.24, 2.45) is 0 Å². The largest absolute Gasteiger partial charge is 0.508 e. The molecular formula is C30H23N5O3S2. The van der Waals surface area contributed by atoms with Gasteiger partial charge in [0.25, 0.3) is 5.69 Å². The molecular weight excluding hydrogens is 542 g/mol. The van der Waals surface area contributed by atoms with Crippen molar-refractivity contribution in [3.05, 3.63) is 137 Å². The number of aromatic nitrogens is 2. The SMILES string of the molecule is O=[N+]([O-])c1ccc(Sc2ccc(N3C(=S)N[C@@H](c4ccccn4)[C@H]3c3cccn3-c3ccc(O)cc3)cc2)cc1. The second-order valence-corrected chi connectivity index (χ2v) is 10.7. The molecule has 0 bridgehead atoms. The first-order valence-electron chi connectivity index (χ1n) is 12.5. The summed E-state index contributed by atoms with van der Waals surface area (Å²) in [5, 5.41) is 24.9. The molecule has 10 heteroatoms. The Morgan fingerprint density at radius 2 is 1.55 bits per heavy atom. The van der Waals surface area contributed by atoms with Crippen molar-refractivity contribution in [2.45, 2.75) is 21.9 Å². The summed E-state index contributed by atoms with van der Waals surface area (Å²) in [6.45, 7) is 0. The lowest BCUT2D eigenvalue weighted by Crippen LogP contribution is -2.30. The zero-order chi connectivity index (χ0) is 27.6. The topological polar surface area (TPSA) is 96.5 Å². The molecule has 6 rings (SSSR count). The van der Waals surface area contributed by atoms with Crippen molar-refractivity contribution < 1.29 is 10.0 Å². The van der Waals surface area contributed by atoms with Gasteiger partial charge in [0.15, 0.2) is 5.11 Å². The zero-order valence-corrected chi connectivity index (χ0v) is 22.6. The van der Waals surface area contributed by atoms with Gasteiger partial charge in [0.1, 0.15) is 11.8 Å². The Balaban J connectivity index is 1.35. The van der Waals surface area contributed by atoms with Gasteiger partial charge in [0.2, 0.25) is 0 Å². The molecule has 0 spiro atoms. The third kappa shape index (κ3) is 5.02. The van der Waals surface area contributed by atoms with Crippen LogP contribution in [-0.4, -0.2) is 24.7 Å². The highest BCUT2D eigenvalue weighted by Crippen LogP contribution is 2.43. The summed E-state index contributed by atoms with van der Waals surface area (Å²) in [6.07, 6.45) is 3.78. The van der Waals surface area contributed by atoms with Crippen LogP contribution in [0.2, 0.25) is 0 Å². The molecule has 1 aliphatic heterocycles. The van der Waals surface area contributed by atoms with E-state index < -0.39 is 4.92 Å². The quantitative estimate of drug-likeness (QED) is 0.126. The van der Waals surface area contributed by atoms with Gasteiger partial charge in [-0.3, -0.25) is 15.1 Å². The van der Waals surface area contributed by atoms with Crippen molar-refractivity contribution >= 4 is 40.5 Å². The van der Waals surface area contributed by atoms with Crippen molar-refractivity contribution in [1.82, 2.24) is 14.9 Å². The summed E-state index contributed by atoms with van der Waals surface area (Å²) in [7, 11) is 0. The second kappa shape index (κ2) is 10.8. The minimum atomic E-state index is -0.400. The average molecular weight is 566 g/mol. The molecule has 2 atom stereocenters. The molecule has 40 heavy (non-hydrogen) atoms. The van der Waals surface area contributed by atoms with E-state index in [-0.39, 0.29) is 23.5 Å². The van der Waals surface area contributed by atoms with Crippen molar-refractivity contribution in [3.8, 4) is 11.4 Å². The lowest BCUT2D eigenvalue weighted by molar-refractivity contribution is -0.384. The molecule has 2 aromatic heterocycles. The monoisotopic (exact) mass is 565 g/mol. The molecule has 5 aromatic rings. The Kier molecular flexibility index (Phi) is 6.93. The van der Waals surface area contributed by atoms with Crippen LogP contribution in [0.4, 0.5) is 11.4 Å². The predicted molar refractivity (Wildman–Crippen MR) is 159 cm³/mol. The van der Waals surface area contributed by atoms with Gasteiger partial charge < -0.3 is 19.9 Å². The van der Waals surface area contributed by atoms with Gasteiger partial charge >= 0.3 is 0 Å². The van der Waals surface area contributed by atoms with E-state index in [1.54, 1.807) is 30.5 Å². The lowest BCUT2D eigenvalue weighted by Gasteiger charge is -2.29. The number of rotatable bonds is 7. The number of nitrogens with one attached hydrogen (secondary N) is 1. The number of hydrogen-bond acceptors (Lipinski definition) is 6. The third-order valence-electron chi connectivity index (χ3n) is 6.71. The second-order valence-electron chi connectivity index (χ2n) is 9.16. The number of non-ortho nitro benzene ring substituents is 1. The molecule has 1 aliphatic rings. The van der Waals surface area contributed by atoms with Crippen LogP contribution in [0.15, 0.2) is 125 Å². The van der Waals surface area contributed by atoms with Gasteiger partial charge in [-0.25, -0.2) is 0 Å². The number of phenolic OH excluding ortho intramolecular Hbond substituents is 1. The Bertz CT molecular complexity index is 1660. The minimum absolute atomic E-state index is 0.0697. The number of aromatic hydroxyl groups is 1. The molecule has 0 saturated carbocycles. The number of nitrogens with zero attached hydrogens (tertiary/aromatic N) is 4. The molecule has 3 aromatic carbocycles. The highest BCUT2D eigenvalue weighted by Gasteiger charge is 2.42. The van der Waals surface area contributed by atoms with Crippen LogP contribution in [0.3, 0.4) is 0 Å². The summed E-state index contributed by atoms with van der Waals surface area (Å²) in [5.41, 5.74) is 3.80. The molecule has 198 valence electrons. The van der Waals surface area contributed by atoms with Crippen LogP contribution in [0, 0.1) is 10.1 Å². The van der Waals surface area contributed by atoms with Gasteiger partial charge in [0.05, 0.1) is 16.7 Å². The highest BCUT2D eigenvalue weighted by molar-refractivity contribution is 7.99. The number of thiocarbonyl (C=S) groups is 1. The van der Waals surface area contributed by atoms with E-state index in [0.29, 0.717) is 5.11 Å². The fourth-order valence-corrected chi connectivity index (χ4v) is 6.03. The first kappa shape index (κ1) is 25.6. The standard InChI is InChI=1S/C30H23N5O3S2/c36-23-12-6-20(7-13-23)33-19-3-5-27(33)29-28(26-4-1-2-18-31-26)32-30(39)34(29)21-8-14-24(15-9-21)40-25-16-10-22(11-17-25)35(37)38/h1-19,28-29,36H,(H,32,39)/t28-,29+/m0/s1. The van der Waals surface area contributed by atoms with Gasteiger partial charge in [-0.1, -0.05) is 17.8 Å². The Morgan fingerprint density at radius 3 is 2.20 bits per heavy atom. The first-order valence-corrected chi connectivity index (χ1v) is 13.7. The normalized spacial score (nSPS) is 16.6. The fraction of sp³-hybridized carbons (Fsp3) is 0.0667. The maximum atomic E-state index is 11.0. The average Bonchev–Trinajstić information content (AvgIpc) is 3.59. The minimum Gasteiger partial charge on any atom is -0.508 e. The van der Waals surface area contributed by atoms with Crippen LogP contribution in [0.25, 0.3) is 5.69 Å². The van der Waals surface area contributed by atoms with Crippen molar-refractivity contribution in [3.63, 3.8) is 0 Å². The molecule has 1 saturated heterocycles. The van der Waals surface area contributed by atoms with Crippen LogP contribution in [0.5, 0.6) is 5.75 Å². The van der Waals surface area contributed by atoms with Gasteiger partial charge in [0, 0.05) is 51.4 Å². The van der Waals surface area contributed by atoms with Crippen molar-refractivity contribution in [2.75, 3.05) is 4.90 Å². The van der Waals surface area contributed by atoms with E-state index in [1.807, 2.05) is 66.9 Å². The number of phenols is 1. The molecule has 0 unspecified atom stereocenters. The number of benzene rings is 3. The molecule has 0 aliphatic carbocycles. The fourth-order valence-electron chi connectivity index (χ4n) is 4.86. The Hall–Kier alpha value is -4.67. The molecule has 2 N–H and O–H groups in total. The van der Waals surface area contributed by atoms with Gasteiger partial charge in [-0.05, 0) is 97.1 Å². The highest BCUT2D eigenvalue weighted by atomic mass is 32.2. The van der Waals surface area contributed by atoms with Gasteiger partial charge in [-0.2, -0.15) is 0 Å². The maximum Gasteiger partial charge on any atom is 0.269 e. The molecule has 0 amide bonds. The Morgan fingerprint density at radius 1 is 0.875 bits per heavy atom. The number of pyridine rings is 1. The zero-order valence-electron chi connectivity index (χ0n) is 21.0. The summed E-state index contributed by atoms with van der Waals surface area (Å²) < 4.78 is 2.10. The molecule has 3 heterocycles. The van der Waals surface area contributed by atoms with E-state index >= 15 is 0 Å². The van der Waals surface area contributed by atoms with Crippen LogP contribution in [0.1, 0.15) is 23.5 Å². The van der Waals surface area contributed by atoms with Gasteiger partial charge in [-0.15, -0.1) is 0 Å². The number of hydrogen-bond donors (Lipinski definition) is 2. The van der Waals surface area contributed by atoms with E-state index in [0.717, 1.165) is 32.6 Å². The summed E-state index contributed by atoms with van der Waals surface area (Å²) >= 11 is 7.42. The molecule has 1 fully saturated rings. The number of nitro benzene ring substituents is 1. The van der Waals surface area contributed by atoms with Crippen LogP contribution >= 0.6 is 24.0 Å². The van der Waals surface area contributed by atoms with E-state index in [2.05, 4.69) is 25.8 Å². The van der Waals surface area contributed by atoms with E-state index in [4.69, 9.17) is 12.2 Å². The lowest BCUT2D eigenvalue weighted by atomic mass is 10.0. The predicted octanol–water partition coefficient (Wildman–Crippen LogP) is 6.81.